The Morgan fingerprint density at radius 3 is 2.89 bits per heavy atom. The molecule has 0 aliphatic carbocycles. The molecule has 0 unspecified atom stereocenters. The normalized spacial score (nSPS) is 18.9. The monoisotopic (exact) mass is 377 g/mol. The number of carbonyl (C=O) groups is 1. The van der Waals surface area contributed by atoms with Crippen LogP contribution in [-0.2, 0) is 6.54 Å². The van der Waals surface area contributed by atoms with Crippen molar-refractivity contribution in [2.24, 2.45) is 0 Å². The Morgan fingerprint density at radius 1 is 1.18 bits per heavy atom. The molecule has 0 saturated carbocycles. The minimum Gasteiger partial charge on any atom is -0.345 e. The molecule has 3 aromatic rings. The van der Waals surface area contributed by atoms with Crippen molar-refractivity contribution in [2.75, 3.05) is 33.2 Å². The number of nitrogens with zero attached hydrogens (tertiary/aromatic N) is 3. The fourth-order valence-electron chi connectivity index (χ4n) is 3.93. The van der Waals surface area contributed by atoms with E-state index in [1.807, 2.05) is 24.3 Å². The van der Waals surface area contributed by atoms with Crippen LogP contribution in [0.25, 0.3) is 10.9 Å². The lowest BCUT2D eigenvalue weighted by Gasteiger charge is -2.24. The number of likely N-dealkylation sites (N-methyl/N-ethyl adjacent to an activating group) is 1. The molecule has 2 N–H and O–H groups in total. The zero-order valence-electron chi connectivity index (χ0n) is 16.5. The Morgan fingerprint density at radius 2 is 2.04 bits per heavy atom. The van der Waals surface area contributed by atoms with Gasteiger partial charge in [-0.2, -0.15) is 5.10 Å². The van der Waals surface area contributed by atoms with E-state index in [4.69, 9.17) is 0 Å². The predicted octanol–water partition coefficient (Wildman–Crippen LogP) is 2.42. The number of aryl methyl sites for hydroxylation is 1. The number of aromatic nitrogens is 2. The average molecular weight is 377 g/mol. The Labute approximate surface area is 165 Å². The Balaban J connectivity index is 1.47. The maximum atomic E-state index is 12.9. The molecule has 0 radical (unpaired) electrons. The summed E-state index contributed by atoms with van der Waals surface area (Å²) in [4.78, 5) is 17.6. The van der Waals surface area contributed by atoms with Crippen LogP contribution in [0.15, 0.2) is 48.5 Å². The van der Waals surface area contributed by atoms with Gasteiger partial charge in [-0.15, -0.1) is 0 Å². The van der Waals surface area contributed by atoms with Gasteiger partial charge < -0.3 is 10.2 Å². The number of hydrogen-bond donors (Lipinski definition) is 2. The number of para-hydroxylation sites is 1. The number of aromatic amines is 1. The number of nitrogens with one attached hydrogen (secondary N) is 2. The second kappa shape index (κ2) is 8.12. The van der Waals surface area contributed by atoms with Gasteiger partial charge in [-0.25, -0.2) is 0 Å². The molecule has 2 aromatic carbocycles. The summed E-state index contributed by atoms with van der Waals surface area (Å²) in [6.45, 7) is 6.65. The van der Waals surface area contributed by atoms with Crippen LogP contribution < -0.4 is 5.32 Å². The molecule has 2 heterocycles. The number of rotatable bonds is 4. The van der Waals surface area contributed by atoms with Crippen molar-refractivity contribution in [1.29, 1.82) is 0 Å². The van der Waals surface area contributed by atoms with E-state index in [0.717, 1.165) is 43.6 Å². The molecule has 6 heteroatoms. The molecule has 1 fully saturated rings. The lowest BCUT2D eigenvalue weighted by Crippen LogP contribution is -2.46. The second-order valence-corrected chi connectivity index (χ2v) is 7.77. The molecule has 1 atom stereocenters. The van der Waals surface area contributed by atoms with Gasteiger partial charge in [-0.1, -0.05) is 48.0 Å². The van der Waals surface area contributed by atoms with Crippen LogP contribution in [0.1, 0.15) is 21.6 Å². The molecule has 6 nitrogen and oxygen atoms in total. The van der Waals surface area contributed by atoms with Crippen molar-refractivity contribution >= 4 is 16.8 Å². The number of H-pyrrole nitrogens is 1. The maximum Gasteiger partial charge on any atom is 0.272 e. The van der Waals surface area contributed by atoms with Gasteiger partial charge in [0.1, 0.15) is 0 Å². The zero-order valence-corrected chi connectivity index (χ0v) is 16.5. The minimum atomic E-state index is -0.117. The van der Waals surface area contributed by atoms with Crippen LogP contribution in [0.2, 0.25) is 0 Å². The van der Waals surface area contributed by atoms with E-state index >= 15 is 0 Å². The van der Waals surface area contributed by atoms with E-state index in [9.17, 15) is 4.79 Å². The van der Waals surface area contributed by atoms with Crippen molar-refractivity contribution in [3.8, 4) is 0 Å². The SMILES string of the molecule is Cc1cccc(CN2CCN(C)C[C@@H](NC(=O)c3n[nH]c4ccccc34)C2)c1. The fraction of sp³-hybridized carbons (Fsp3) is 0.364. The Hall–Kier alpha value is -2.70. The molecule has 1 aliphatic rings. The van der Waals surface area contributed by atoms with Gasteiger partial charge in [0.25, 0.3) is 5.91 Å². The van der Waals surface area contributed by atoms with Crippen molar-refractivity contribution in [1.82, 2.24) is 25.3 Å². The molecular weight excluding hydrogens is 350 g/mol. The molecule has 4 rings (SSSR count). The van der Waals surface area contributed by atoms with E-state index in [2.05, 4.69) is 63.6 Å². The summed E-state index contributed by atoms with van der Waals surface area (Å²) in [7, 11) is 2.11. The maximum absolute atomic E-state index is 12.9. The van der Waals surface area contributed by atoms with Crippen LogP contribution >= 0.6 is 0 Å². The number of hydrogen-bond acceptors (Lipinski definition) is 4. The lowest BCUT2D eigenvalue weighted by atomic mass is 10.1. The highest BCUT2D eigenvalue weighted by atomic mass is 16.2. The molecular formula is C22H27N5O. The quantitative estimate of drug-likeness (QED) is 0.733. The topological polar surface area (TPSA) is 64.3 Å². The van der Waals surface area contributed by atoms with Gasteiger partial charge in [-0.05, 0) is 25.6 Å². The Kier molecular flexibility index (Phi) is 5.41. The first-order valence-corrected chi connectivity index (χ1v) is 9.79. The largest absolute Gasteiger partial charge is 0.345 e. The van der Waals surface area contributed by atoms with Crippen molar-refractivity contribution in [3.05, 3.63) is 65.4 Å². The van der Waals surface area contributed by atoms with Gasteiger partial charge in [0.05, 0.1) is 11.6 Å². The third-order valence-corrected chi connectivity index (χ3v) is 5.32. The zero-order chi connectivity index (χ0) is 19.5. The highest BCUT2D eigenvalue weighted by molar-refractivity contribution is 6.04. The summed E-state index contributed by atoms with van der Waals surface area (Å²) < 4.78 is 0. The van der Waals surface area contributed by atoms with Gasteiger partial charge in [-0.3, -0.25) is 14.8 Å². The molecule has 1 saturated heterocycles. The van der Waals surface area contributed by atoms with Gasteiger partial charge in [0.15, 0.2) is 5.69 Å². The first-order chi connectivity index (χ1) is 13.6. The number of amides is 1. The standard InChI is InChI=1S/C22H27N5O/c1-16-6-5-7-17(12-16)13-27-11-10-26(2)14-18(15-27)23-22(28)21-19-8-3-4-9-20(19)24-25-21/h3-9,12,18H,10-11,13-15H2,1-2H3,(H,23,28)(H,24,25)/t18-/m1/s1. The van der Waals surface area contributed by atoms with Crippen LogP contribution in [-0.4, -0.2) is 65.2 Å². The van der Waals surface area contributed by atoms with Crippen molar-refractivity contribution in [3.63, 3.8) is 0 Å². The molecule has 146 valence electrons. The summed E-state index contributed by atoms with van der Waals surface area (Å²) >= 11 is 0. The lowest BCUT2D eigenvalue weighted by molar-refractivity contribution is 0.0920. The smallest absolute Gasteiger partial charge is 0.272 e. The second-order valence-electron chi connectivity index (χ2n) is 7.77. The van der Waals surface area contributed by atoms with E-state index in [1.54, 1.807) is 0 Å². The summed E-state index contributed by atoms with van der Waals surface area (Å²) in [6, 6.07) is 16.4. The van der Waals surface area contributed by atoms with E-state index < -0.39 is 0 Å². The molecule has 1 amide bonds. The first kappa shape index (κ1) is 18.7. The number of carbonyl (C=O) groups excluding carboxylic acids is 1. The van der Waals surface area contributed by atoms with Crippen LogP contribution in [0.3, 0.4) is 0 Å². The molecule has 28 heavy (non-hydrogen) atoms. The van der Waals surface area contributed by atoms with Crippen molar-refractivity contribution < 1.29 is 4.79 Å². The summed E-state index contributed by atoms with van der Waals surface area (Å²) in [6.07, 6.45) is 0. The average Bonchev–Trinajstić information content (AvgIpc) is 3.02. The van der Waals surface area contributed by atoms with Gasteiger partial charge in [0, 0.05) is 38.1 Å². The van der Waals surface area contributed by atoms with Crippen LogP contribution in [0, 0.1) is 6.92 Å². The van der Waals surface area contributed by atoms with E-state index in [0.29, 0.717) is 5.69 Å². The third kappa shape index (κ3) is 4.24. The highest BCUT2D eigenvalue weighted by Crippen LogP contribution is 2.16. The van der Waals surface area contributed by atoms with E-state index in [-0.39, 0.29) is 11.9 Å². The Bertz CT molecular complexity index is 966. The van der Waals surface area contributed by atoms with E-state index in [1.165, 1.54) is 11.1 Å². The van der Waals surface area contributed by atoms with Crippen LogP contribution in [0.4, 0.5) is 0 Å². The first-order valence-electron chi connectivity index (χ1n) is 9.79. The van der Waals surface area contributed by atoms with Gasteiger partial charge in [0.2, 0.25) is 0 Å². The third-order valence-electron chi connectivity index (χ3n) is 5.32. The summed E-state index contributed by atoms with van der Waals surface area (Å²) in [5.41, 5.74) is 3.94. The molecule has 0 bridgehead atoms. The predicted molar refractivity (Wildman–Crippen MR) is 111 cm³/mol. The number of benzene rings is 2. The van der Waals surface area contributed by atoms with Gasteiger partial charge >= 0.3 is 0 Å². The minimum absolute atomic E-state index is 0.0558. The van der Waals surface area contributed by atoms with Crippen molar-refractivity contribution in [2.45, 2.75) is 19.5 Å². The highest BCUT2D eigenvalue weighted by Gasteiger charge is 2.24. The molecule has 1 aliphatic heterocycles. The molecule has 0 spiro atoms. The number of fused-ring (bicyclic) bond motifs is 1. The summed E-state index contributed by atoms with van der Waals surface area (Å²) in [5.74, 6) is -0.117. The molecule has 1 aromatic heterocycles. The fourth-order valence-corrected chi connectivity index (χ4v) is 3.93. The van der Waals surface area contributed by atoms with Crippen LogP contribution in [0.5, 0.6) is 0 Å². The summed E-state index contributed by atoms with van der Waals surface area (Å²) in [5, 5.41) is 11.2.